The van der Waals surface area contributed by atoms with Gasteiger partial charge in [-0.1, -0.05) is 23.7 Å². The molecule has 0 aromatic heterocycles. The largest absolute Gasteiger partial charge is 0.405 e. The first-order valence-electron chi connectivity index (χ1n) is 7.07. The van der Waals surface area contributed by atoms with Crippen LogP contribution in [0.1, 0.15) is 0 Å². The van der Waals surface area contributed by atoms with Gasteiger partial charge in [0, 0.05) is 0 Å². The van der Waals surface area contributed by atoms with Gasteiger partial charge in [-0.05, 0) is 12.1 Å². The topological polar surface area (TPSA) is 91.7 Å². The van der Waals surface area contributed by atoms with Crippen molar-refractivity contribution in [1.82, 2.24) is 10.6 Å². The van der Waals surface area contributed by atoms with Crippen LogP contribution in [-0.4, -0.2) is 50.7 Å². The maximum absolute atomic E-state index is 11.9. The van der Waals surface area contributed by atoms with Gasteiger partial charge in [0.2, 0.25) is 0 Å². The summed E-state index contributed by atoms with van der Waals surface area (Å²) in [4.78, 5) is 35.0. The predicted octanol–water partition coefficient (Wildman–Crippen LogP) is 0.181. The van der Waals surface area contributed by atoms with Crippen molar-refractivity contribution in [2.45, 2.75) is 6.18 Å². The molecule has 25 heavy (non-hydrogen) atoms. The predicted molar refractivity (Wildman–Crippen MR) is 84.3 cm³/mol. The zero-order chi connectivity index (χ0) is 19.0. The van der Waals surface area contributed by atoms with Crippen LogP contribution >= 0.6 is 11.6 Å². The van der Waals surface area contributed by atoms with Gasteiger partial charge < -0.3 is 15.5 Å². The number of carbonyl (C=O) groups excluding carboxylic acids is 3. The van der Waals surface area contributed by atoms with Crippen LogP contribution in [0.2, 0.25) is 5.02 Å². The number of likely N-dealkylation sites (N-methyl/N-ethyl adjacent to an activating group) is 1. The molecule has 4 amide bonds. The number of amides is 4. The van der Waals surface area contributed by atoms with Crippen molar-refractivity contribution in [1.29, 1.82) is 0 Å². The monoisotopic (exact) mass is 381 g/mol. The van der Waals surface area contributed by atoms with Gasteiger partial charge in [-0.25, -0.2) is 4.79 Å². The summed E-state index contributed by atoms with van der Waals surface area (Å²) in [5, 5.41) is 6.18. The van der Waals surface area contributed by atoms with E-state index >= 15 is 0 Å². The number of alkyl halides is 3. The summed E-state index contributed by atoms with van der Waals surface area (Å²) in [5.41, 5.74) is 0.415. The maximum Gasteiger partial charge on any atom is 0.405 e. The highest BCUT2D eigenvalue weighted by Crippen LogP contribution is 2.19. The third-order valence-corrected chi connectivity index (χ3v) is 3.10. The van der Waals surface area contributed by atoms with Crippen LogP contribution < -0.4 is 20.9 Å². The van der Waals surface area contributed by atoms with Crippen molar-refractivity contribution in [3.63, 3.8) is 0 Å². The van der Waals surface area contributed by atoms with Crippen LogP contribution in [-0.2, 0) is 9.59 Å². The minimum absolute atomic E-state index is 0.108. The highest BCUT2D eigenvalue weighted by atomic mass is 35.5. The lowest BCUT2D eigenvalue weighted by Gasteiger charge is -2.14. The third kappa shape index (κ3) is 8.91. The van der Waals surface area contributed by atoms with Crippen molar-refractivity contribution in [3.8, 4) is 0 Å². The van der Waals surface area contributed by atoms with Crippen LogP contribution in [0.4, 0.5) is 23.7 Å². The molecular weight excluding hydrogens is 365 g/mol. The van der Waals surface area contributed by atoms with E-state index in [9.17, 15) is 27.6 Å². The van der Waals surface area contributed by atoms with Crippen molar-refractivity contribution < 1.29 is 32.5 Å². The number of urea groups is 1. The fraction of sp³-hybridized carbons (Fsp3) is 0.357. The van der Waals surface area contributed by atoms with Gasteiger partial charge >= 0.3 is 12.2 Å². The number of rotatable bonds is 6. The van der Waals surface area contributed by atoms with Crippen LogP contribution in [0, 0.1) is 0 Å². The van der Waals surface area contributed by atoms with E-state index < -0.39 is 30.6 Å². The van der Waals surface area contributed by atoms with Gasteiger partial charge in [0.25, 0.3) is 11.8 Å². The average molecular weight is 382 g/mol. The normalized spacial score (nSPS) is 12.2. The second-order valence-electron chi connectivity index (χ2n) is 5.18. The summed E-state index contributed by atoms with van der Waals surface area (Å²) < 4.78 is 35.8. The Morgan fingerprint density at radius 3 is 2.32 bits per heavy atom. The van der Waals surface area contributed by atoms with Gasteiger partial charge in [0.15, 0.2) is 13.1 Å². The molecule has 1 aromatic carbocycles. The summed E-state index contributed by atoms with van der Waals surface area (Å²) in [6.07, 6.45) is -4.57. The van der Waals surface area contributed by atoms with Crippen molar-refractivity contribution >= 4 is 35.1 Å². The SMILES string of the molecule is C[NH+](CC(=O)NC(=O)NCC(F)(F)F)CC(=O)Nc1ccccc1Cl. The maximum atomic E-state index is 11.9. The van der Waals surface area contributed by atoms with E-state index in [1.54, 1.807) is 29.6 Å². The number of quaternary nitrogens is 1. The number of para-hydroxylation sites is 1. The highest BCUT2D eigenvalue weighted by Gasteiger charge is 2.28. The van der Waals surface area contributed by atoms with E-state index in [1.807, 2.05) is 0 Å². The summed E-state index contributed by atoms with van der Waals surface area (Å²) in [7, 11) is 1.51. The molecular formula is C14H17ClF3N4O3+. The van der Waals surface area contributed by atoms with Crippen LogP contribution in [0.5, 0.6) is 0 Å². The summed E-state index contributed by atoms with van der Waals surface area (Å²) in [5.74, 6) is -1.23. The molecule has 1 rings (SSSR count). The first-order valence-corrected chi connectivity index (χ1v) is 7.44. The van der Waals surface area contributed by atoms with E-state index in [4.69, 9.17) is 11.6 Å². The van der Waals surface area contributed by atoms with Gasteiger partial charge in [0.1, 0.15) is 6.54 Å². The van der Waals surface area contributed by atoms with E-state index in [0.29, 0.717) is 15.6 Å². The number of benzene rings is 1. The third-order valence-electron chi connectivity index (χ3n) is 2.77. The van der Waals surface area contributed by atoms with Crippen molar-refractivity contribution in [2.24, 2.45) is 0 Å². The lowest BCUT2D eigenvalue weighted by atomic mass is 10.3. The Hall–Kier alpha value is -2.33. The van der Waals surface area contributed by atoms with Crippen LogP contribution in [0.15, 0.2) is 24.3 Å². The smallest absolute Gasteiger partial charge is 0.329 e. The molecule has 0 spiro atoms. The lowest BCUT2D eigenvalue weighted by Crippen LogP contribution is -3.11. The molecule has 0 heterocycles. The number of hydrogen-bond acceptors (Lipinski definition) is 3. The Balaban J connectivity index is 2.36. The van der Waals surface area contributed by atoms with Gasteiger partial charge in [-0.2, -0.15) is 13.2 Å². The number of imide groups is 1. The Morgan fingerprint density at radius 1 is 1.12 bits per heavy atom. The zero-order valence-electron chi connectivity index (χ0n) is 13.2. The zero-order valence-corrected chi connectivity index (χ0v) is 13.9. The molecule has 1 atom stereocenters. The Morgan fingerprint density at radius 2 is 1.72 bits per heavy atom. The molecule has 0 saturated heterocycles. The molecule has 4 N–H and O–H groups in total. The molecule has 0 saturated carbocycles. The molecule has 138 valence electrons. The minimum Gasteiger partial charge on any atom is -0.329 e. The number of anilines is 1. The van der Waals surface area contributed by atoms with Crippen LogP contribution in [0.25, 0.3) is 0 Å². The number of hydrogen-bond donors (Lipinski definition) is 4. The Bertz CT molecular complexity index is 640. The van der Waals surface area contributed by atoms with Crippen molar-refractivity contribution in [3.05, 3.63) is 29.3 Å². The second-order valence-corrected chi connectivity index (χ2v) is 5.59. The molecule has 7 nitrogen and oxygen atoms in total. The molecule has 0 aliphatic carbocycles. The molecule has 11 heteroatoms. The van der Waals surface area contributed by atoms with E-state index in [0.717, 1.165) is 0 Å². The molecule has 0 aliphatic heterocycles. The molecule has 0 bridgehead atoms. The molecule has 1 unspecified atom stereocenters. The van der Waals surface area contributed by atoms with Gasteiger partial charge in [-0.15, -0.1) is 0 Å². The number of halogens is 4. The fourth-order valence-corrected chi connectivity index (χ4v) is 1.95. The molecule has 0 fully saturated rings. The number of carbonyl (C=O) groups is 3. The summed E-state index contributed by atoms with van der Waals surface area (Å²) >= 11 is 5.90. The van der Waals surface area contributed by atoms with Crippen LogP contribution in [0.3, 0.4) is 0 Å². The van der Waals surface area contributed by atoms with E-state index in [2.05, 4.69) is 5.32 Å². The first-order chi connectivity index (χ1) is 11.6. The Kier molecular flexibility index (Phi) is 7.65. The summed E-state index contributed by atoms with van der Waals surface area (Å²) in [6, 6.07) is 5.33. The average Bonchev–Trinajstić information content (AvgIpc) is 2.46. The molecule has 0 radical (unpaired) electrons. The van der Waals surface area contributed by atoms with E-state index in [1.165, 1.54) is 12.4 Å². The number of nitrogens with one attached hydrogen (secondary N) is 4. The quantitative estimate of drug-likeness (QED) is 0.566. The van der Waals surface area contributed by atoms with E-state index in [-0.39, 0.29) is 13.1 Å². The molecule has 0 aliphatic rings. The lowest BCUT2D eigenvalue weighted by molar-refractivity contribution is -0.862. The fourth-order valence-electron chi connectivity index (χ4n) is 1.76. The molecule has 1 aromatic rings. The van der Waals surface area contributed by atoms with Crippen molar-refractivity contribution in [2.75, 3.05) is 32.0 Å². The van der Waals surface area contributed by atoms with Gasteiger partial charge in [0.05, 0.1) is 17.8 Å². The highest BCUT2D eigenvalue weighted by molar-refractivity contribution is 6.33. The standard InChI is InChI=1S/C14H16ClF3N4O3/c1-22(6-11(23)20-10-5-3-2-4-9(10)15)7-12(24)21-13(25)19-8-14(16,17)18/h2-5H,6-8H2,1H3,(H,20,23)(H2,19,21,24,25)/p+1. The Labute approximate surface area is 146 Å². The first kappa shape index (κ1) is 20.7. The van der Waals surface area contributed by atoms with Gasteiger partial charge in [-0.3, -0.25) is 14.9 Å². The second kappa shape index (κ2) is 9.23. The minimum atomic E-state index is -4.57. The summed E-state index contributed by atoms with van der Waals surface area (Å²) in [6.45, 7) is -1.94.